The van der Waals surface area contributed by atoms with Crippen LogP contribution < -0.4 is 0 Å². The molecule has 6 unspecified atom stereocenters. The van der Waals surface area contributed by atoms with Gasteiger partial charge in [-0.3, -0.25) is 0 Å². The van der Waals surface area contributed by atoms with Crippen LogP contribution in [0.15, 0.2) is 0 Å². The van der Waals surface area contributed by atoms with Crippen molar-refractivity contribution in [3.8, 4) is 0 Å². The molecule has 16 heavy (non-hydrogen) atoms. The molecule has 0 N–H and O–H groups in total. The van der Waals surface area contributed by atoms with E-state index in [2.05, 4.69) is 27.7 Å². The molecule has 0 nitrogen and oxygen atoms in total. The molecule has 0 aromatic rings. The molecule has 2 bridgehead atoms. The van der Waals surface area contributed by atoms with Crippen molar-refractivity contribution in [2.75, 3.05) is 0 Å². The maximum absolute atomic E-state index is 2.60. The van der Waals surface area contributed by atoms with Gasteiger partial charge in [0.1, 0.15) is 0 Å². The fourth-order valence-corrected chi connectivity index (χ4v) is 7.64. The highest BCUT2D eigenvalue weighted by Crippen LogP contribution is 2.92. The van der Waals surface area contributed by atoms with Crippen molar-refractivity contribution in [3.63, 3.8) is 0 Å². The highest BCUT2D eigenvalue weighted by Gasteiger charge is 2.87. The highest BCUT2D eigenvalue weighted by atomic mass is 14.9. The molecule has 4 saturated carbocycles. The van der Waals surface area contributed by atoms with E-state index in [9.17, 15) is 0 Å². The van der Waals surface area contributed by atoms with E-state index >= 15 is 0 Å². The molecule has 0 radical (unpaired) electrons. The summed E-state index contributed by atoms with van der Waals surface area (Å²) in [4.78, 5) is 0. The second-order valence-electron chi connectivity index (χ2n) is 8.29. The Kier molecular flexibility index (Phi) is 1.50. The van der Waals surface area contributed by atoms with E-state index < -0.39 is 0 Å². The van der Waals surface area contributed by atoms with E-state index in [1.807, 2.05) is 0 Å². The summed E-state index contributed by atoms with van der Waals surface area (Å²) in [5.41, 5.74) is 2.12. The minimum absolute atomic E-state index is 0.547. The lowest BCUT2D eigenvalue weighted by Crippen LogP contribution is -2.30. The van der Waals surface area contributed by atoms with Crippen LogP contribution >= 0.6 is 0 Å². The van der Waals surface area contributed by atoms with Gasteiger partial charge in [-0.25, -0.2) is 0 Å². The van der Waals surface area contributed by atoms with Crippen LogP contribution in [0.1, 0.15) is 59.8 Å². The molecule has 4 rings (SSSR count). The molecular weight excluding hydrogens is 192 g/mol. The van der Waals surface area contributed by atoms with Gasteiger partial charge in [-0.15, -0.1) is 0 Å². The lowest BCUT2D eigenvalue weighted by Gasteiger charge is -2.36. The van der Waals surface area contributed by atoms with Crippen LogP contribution in [0.25, 0.3) is 0 Å². The molecule has 0 aliphatic heterocycles. The van der Waals surface area contributed by atoms with Crippen LogP contribution in [0.5, 0.6) is 0 Å². The summed E-state index contributed by atoms with van der Waals surface area (Å²) in [5, 5.41) is 0. The smallest absolute Gasteiger partial charge is 0.0143 e. The van der Waals surface area contributed by atoms with Gasteiger partial charge in [0.15, 0.2) is 0 Å². The zero-order valence-electron chi connectivity index (χ0n) is 11.3. The monoisotopic (exact) mass is 218 g/mol. The van der Waals surface area contributed by atoms with Crippen molar-refractivity contribution < 1.29 is 0 Å². The summed E-state index contributed by atoms with van der Waals surface area (Å²) in [7, 11) is 0. The summed E-state index contributed by atoms with van der Waals surface area (Å²) < 4.78 is 0. The molecule has 0 heteroatoms. The van der Waals surface area contributed by atoms with Gasteiger partial charge in [0.05, 0.1) is 0 Å². The normalized spacial score (nSPS) is 62.2. The molecule has 0 heterocycles. The Balaban J connectivity index is 1.85. The Bertz CT molecular complexity index is 350. The summed E-state index contributed by atoms with van der Waals surface area (Å²) in [6, 6.07) is 0. The first kappa shape index (κ1) is 9.97. The highest BCUT2D eigenvalue weighted by molar-refractivity contribution is 5.34. The quantitative estimate of drug-likeness (QED) is 0.562. The average Bonchev–Trinajstić information content (AvgIpc) is 2.72. The van der Waals surface area contributed by atoms with Crippen molar-refractivity contribution in [2.45, 2.75) is 59.8 Å². The predicted molar refractivity (Wildman–Crippen MR) is 67.0 cm³/mol. The van der Waals surface area contributed by atoms with Crippen LogP contribution in [-0.4, -0.2) is 0 Å². The van der Waals surface area contributed by atoms with Gasteiger partial charge in [-0.1, -0.05) is 27.7 Å². The standard InChI is InChI=1S/C16H26/c1-10-15(14(2,3)4)8-7-13-11-5-6-12(9-11)16(10,13)15/h10-13H,5-9H2,1-4H3. The number of rotatable bonds is 0. The van der Waals surface area contributed by atoms with Gasteiger partial charge in [0.2, 0.25) is 0 Å². The Morgan fingerprint density at radius 1 is 1.06 bits per heavy atom. The number of hydrogen-bond acceptors (Lipinski definition) is 0. The molecule has 0 aromatic heterocycles. The van der Waals surface area contributed by atoms with E-state index in [0.717, 1.165) is 34.5 Å². The minimum Gasteiger partial charge on any atom is -0.0614 e. The molecule has 0 aromatic carbocycles. The average molecular weight is 218 g/mol. The minimum atomic E-state index is 0.547. The lowest BCUT2D eigenvalue weighted by molar-refractivity contribution is 0.121. The first-order chi connectivity index (χ1) is 7.46. The van der Waals surface area contributed by atoms with Crippen LogP contribution in [0.2, 0.25) is 0 Å². The van der Waals surface area contributed by atoms with Gasteiger partial charge in [0.25, 0.3) is 0 Å². The van der Waals surface area contributed by atoms with Crippen LogP contribution in [0.3, 0.4) is 0 Å². The topological polar surface area (TPSA) is 0 Å². The second kappa shape index (κ2) is 2.40. The molecule has 4 aliphatic carbocycles. The number of hydrogen-bond donors (Lipinski definition) is 0. The van der Waals surface area contributed by atoms with Gasteiger partial charge in [-0.2, -0.15) is 0 Å². The third-order valence-corrected chi connectivity index (χ3v) is 7.66. The third kappa shape index (κ3) is 0.680. The molecule has 90 valence electrons. The summed E-state index contributed by atoms with van der Waals surface area (Å²) >= 11 is 0. The summed E-state index contributed by atoms with van der Waals surface area (Å²) in [6.07, 6.45) is 7.87. The molecule has 4 aliphatic rings. The van der Waals surface area contributed by atoms with Crippen molar-refractivity contribution in [1.82, 2.24) is 0 Å². The first-order valence-corrected chi connectivity index (χ1v) is 7.46. The Morgan fingerprint density at radius 2 is 1.81 bits per heavy atom. The van der Waals surface area contributed by atoms with Crippen molar-refractivity contribution in [2.24, 2.45) is 39.9 Å². The van der Waals surface area contributed by atoms with E-state index in [0.29, 0.717) is 5.41 Å². The molecule has 4 fully saturated rings. The second-order valence-corrected chi connectivity index (χ2v) is 8.29. The van der Waals surface area contributed by atoms with Crippen molar-refractivity contribution in [1.29, 1.82) is 0 Å². The van der Waals surface area contributed by atoms with Gasteiger partial charge >= 0.3 is 0 Å². The predicted octanol–water partition coefficient (Wildman–Crippen LogP) is 4.49. The summed E-state index contributed by atoms with van der Waals surface area (Å²) in [5.74, 6) is 4.44. The Hall–Kier alpha value is 0. The summed E-state index contributed by atoms with van der Waals surface area (Å²) in [6.45, 7) is 10.2. The largest absolute Gasteiger partial charge is 0.0614 e. The van der Waals surface area contributed by atoms with Gasteiger partial charge in [-0.05, 0) is 72.0 Å². The third-order valence-electron chi connectivity index (χ3n) is 7.66. The zero-order valence-corrected chi connectivity index (χ0v) is 11.3. The van der Waals surface area contributed by atoms with Crippen molar-refractivity contribution in [3.05, 3.63) is 0 Å². The maximum atomic E-state index is 2.60. The fourth-order valence-electron chi connectivity index (χ4n) is 7.64. The first-order valence-electron chi connectivity index (χ1n) is 7.46. The zero-order chi connectivity index (χ0) is 11.3. The van der Waals surface area contributed by atoms with Gasteiger partial charge in [0, 0.05) is 0 Å². The van der Waals surface area contributed by atoms with E-state index in [1.165, 1.54) is 0 Å². The Morgan fingerprint density at radius 3 is 2.44 bits per heavy atom. The van der Waals surface area contributed by atoms with E-state index in [4.69, 9.17) is 0 Å². The van der Waals surface area contributed by atoms with E-state index in [1.54, 1.807) is 32.1 Å². The lowest BCUT2D eigenvalue weighted by atomic mass is 9.69. The Labute approximate surface area is 100 Å². The SMILES string of the molecule is CC1C23C4CCC(C4)C2CCC13C(C)(C)C. The van der Waals surface area contributed by atoms with Crippen LogP contribution in [0, 0.1) is 39.9 Å². The van der Waals surface area contributed by atoms with Crippen molar-refractivity contribution >= 4 is 0 Å². The molecular formula is C16H26. The van der Waals surface area contributed by atoms with Crippen LogP contribution in [0.4, 0.5) is 0 Å². The maximum Gasteiger partial charge on any atom is -0.0143 e. The van der Waals surface area contributed by atoms with E-state index in [-0.39, 0.29) is 0 Å². The molecule has 0 saturated heterocycles. The van der Waals surface area contributed by atoms with Gasteiger partial charge < -0.3 is 0 Å². The molecule has 1 spiro atoms. The molecule has 0 amide bonds. The number of fused-ring (bicyclic) bond motifs is 3. The molecule has 6 atom stereocenters. The fraction of sp³-hybridized carbons (Fsp3) is 1.00. The van der Waals surface area contributed by atoms with Crippen LogP contribution in [-0.2, 0) is 0 Å².